The Kier molecular flexibility index (Phi) is 2.14. The van der Waals surface area contributed by atoms with Gasteiger partial charge in [0.05, 0.1) is 12.3 Å². The summed E-state index contributed by atoms with van der Waals surface area (Å²) in [4.78, 5) is 12.7. The van der Waals surface area contributed by atoms with Crippen LogP contribution < -0.4 is 0 Å². The van der Waals surface area contributed by atoms with Crippen LogP contribution in [0.4, 0.5) is 4.39 Å². The molecule has 1 rings (SSSR count). The minimum absolute atomic E-state index is 0.0200. The van der Waals surface area contributed by atoms with E-state index in [1.54, 1.807) is 0 Å². The summed E-state index contributed by atoms with van der Waals surface area (Å²) < 4.78 is 12.9. The van der Waals surface area contributed by atoms with Gasteiger partial charge in [-0.15, -0.1) is 0 Å². The zero-order valence-corrected chi connectivity index (χ0v) is 6.39. The third-order valence-corrected chi connectivity index (χ3v) is 1.62. The van der Waals surface area contributed by atoms with Crippen molar-refractivity contribution in [2.75, 3.05) is 0 Å². The molecule has 0 aliphatic carbocycles. The molecule has 12 heavy (non-hydrogen) atoms. The van der Waals surface area contributed by atoms with Crippen LogP contribution >= 0.6 is 0 Å². The normalized spacial score (nSPS) is 10.2. The van der Waals surface area contributed by atoms with Crippen LogP contribution in [0.5, 0.6) is 0 Å². The van der Waals surface area contributed by atoms with Gasteiger partial charge in [0, 0.05) is 5.56 Å². The smallest absolute Gasteiger partial charge is 0.352 e. The molecule has 0 fully saturated rings. The number of aromatic amines is 1. The summed E-state index contributed by atoms with van der Waals surface area (Å²) in [5.41, 5.74) is -0.284. The summed E-state index contributed by atoms with van der Waals surface area (Å²) in [5, 5.41) is 17.1. The zero-order valence-electron chi connectivity index (χ0n) is 6.39. The summed E-state index contributed by atoms with van der Waals surface area (Å²) >= 11 is 0. The van der Waals surface area contributed by atoms with Crippen molar-refractivity contribution in [2.24, 2.45) is 0 Å². The van der Waals surface area contributed by atoms with Crippen LogP contribution in [-0.4, -0.2) is 21.2 Å². The summed E-state index contributed by atoms with van der Waals surface area (Å²) in [6, 6.07) is 0. The van der Waals surface area contributed by atoms with Crippen molar-refractivity contribution in [3.05, 3.63) is 22.8 Å². The Bertz CT molecular complexity index is 319. The lowest BCUT2D eigenvalue weighted by Gasteiger charge is -1.88. The number of carbonyl (C=O) groups is 1. The Morgan fingerprint density at radius 1 is 1.67 bits per heavy atom. The lowest BCUT2D eigenvalue weighted by Crippen LogP contribution is -1.98. The first-order valence-corrected chi connectivity index (χ1v) is 3.29. The van der Waals surface area contributed by atoms with Gasteiger partial charge < -0.3 is 15.2 Å². The van der Waals surface area contributed by atoms with Gasteiger partial charge in [-0.1, -0.05) is 0 Å². The maximum atomic E-state index is 12.9. The molecule has 1 heterocycles. The molecular formula is C7H8FNO3. The monoisotopic (exact) mass is 173 g/mol. The highest BCUT2D eigenvalue weighted by molar-refractivity contribution is 5.87. The van der Waals surface area contributed by atoms with Crippen LogP contribution in [0.1, 0.15) is 21.7 Å². The molecule has 0 aliphatic heterocycles. The fraction of sp³-hybridized carbons (Fsp3) is 0.286. The highest BCUT2D eigenvalue weighted by Crippen LogP contribution is 2.15. The molecule has 0 aromatic carbocycles. The van der Waals surface area contributed by atoms with Gasteiger partial charge >= 0.3 is 5.97 Å². The van der Waals surface area contributed by atoms with Gasteiger partial charge in [0.2, 0.25) is 0 Å². The fourth-order valence-electron chi connectivity index (χ4n) is 0.958. The topological polar surface area (TPSA) is 73.3 Å². The second-order valence-corrected chi connectivity index (χ2v) is 2.38. The van der Waals surface area contributed by atoms with E-state index in [-0.39, 0.29) is 17.0 Å². The standard InChI is InChI=1S/C7H8FNO3/c1-3-5(8)4(2-10)9-6(3)7(11)12/h9-10H,2H2,1H3,(H,11,12). The SMILES string of the molecule is Cc1c(C(=O)O)[nH]c(CO)c1F. The Morgan fingerprint density at radius 2 is 2.25 bits per heavy atom. The van der Waals surface area contributed by atoms with Crippen LogP contribution in [0.15, 0.2) is 0 Å². The molecule has 4 nitrogen and oxygen atoms in total. The van der Waals surface area contributed by atoms with Gasteiger partial charge in [0.1, 0.15) is 11.5 Å². The Hall–Kier alpha value is -1.36. The molecular weight excluding hydrogens is 165 g/mol. The van der Waals surface area contributed by atoms with Crippen molar-refractivity contribution in [1.29, 1.82) is 0 Å². The second kappa shape index (κ2) is 2.94. The third kappa shape index (κ3) is 1.18. The van der Waals surface area contributed by atoms with Crippen LogP contribution in [0.2, 0.25) is 0 Å². The maximum absolute atomic E-state index is 12.9. The molecule has 0 unspecified atom stereocenters. The first kappa shape index (κ1) is 8.73. The van der Waals surface area contributed by atoms with Crippen molar-refractivity contribution >= 4 is 5.97 Å². The van der Waals surface area contributed by atoms with Crippen molar-refractivity contribution in [3.8, 4) is 0 Å². The molecule has 0 atom stereocenters. The largest absolute Gasteiger partial charge is 0.477 e. The quantitative estimate of drug-likeness (QED) is 0.614. The zero-order chi connectivity index (χ0) is 9.30. The van der Waals surface area contributed by atoms with E-state index in [9.17, 15) is 9.18 Å². The van der Waals surface area contributed by atoms with E-state index in [1.807, 2.05) is 0 Å². The van der Waals surface area contributed by atoms with Gasteiger partial charge in [-0.3, -0.25) is 0 Å². The van der Waals surface area contributed by atoms with Gasteiger partial charge in [0.25, 0.3) is 0 Å². The minimum atomic E-state index is -1.23. The summed E-state index contributed by atoms with van der Waals surface area (Å²) in [5.74, 6) is -1.92. The molecule has 1 aromatic heterocycles. The van der Waals surface area contributed by atoms with Crippen molar-refractivity contribution in [1.82, 2.24) is 4.98 Å². The van der Waals surface area contributed by atoms with E-state index >= 15 is 0 Å². The van der Waals surface area contributed by atoms with Crippen molar-refractivity contribution < 1.29 is 19.4 Å². The van der Waals surface area contributed by atoms with Gasteiger partial charge in [0.15, 0.2) is 0 Å². The average Bonchev–Trinajstić information content (AvgIpc) is 2.30. The van der Waals surface area contributed by atoms with E-state index in [4.69, 9.17) is 10.2 Å². The van der Waals surface area contributed by atoms with E-state index < -0.39 is 18.4 Å². The van der Waals surface area contributed by atoms with Crippen LogP contribution in [0, 0.1) is 12.7 Å². The second-order valence-electron chi connectivity index (χ2n) is 2.38. The number of halogens is 1. The average molecular weight is 173 g/mol. The lowest BCUT2D eigenvalue weighted by atomic mass is 10.2. The number of hydrogen-bond acceptors (Lipinski definition) is 2. The van der Waals surface area contributed by atoms with Gasteiger partial charge in [-0.2, -0.15) is 0 Å². The number of hydrogen-bond donors (Lipinski definition) is 3. The molecule has 0 radical (unpaired) electrons. The molecule has 0 spiro atoms. The van der Waals surface area contributed by atoms with E-state index in [1.165, 1.54) is 6.92 Å². The molecule has 0 saturated heterocycles. The van der Waals surface area contributed by atoms with Crippen LogP contribution in [0.3, 0.4) is 0 Å². The molecule has 0 bridgehead atoms. The van der Waals surface area contributed by atoms with E-state index in [0.717, 1.165) is 0 Å². The fourth-order valence-corrected chi connectivity index (χ4v) is 0.958. The van der Waals surface area contributed by atoms with Crippen molar-refractivity contribution in [3.63, 3.8) is 0 Å². The first-order valence-electron chi connectivity index (χ1n) is 3.29. The summed E-state index contributed by atoms with van der Waals surface area (Å²) in [6.45, 7) is 0.814. The molecule has 0 saturated carbocycles. The number of aliphatic hydroxyl groups is 1. The molecule has 0 amide bonds. The number of H-pyrrole nitrogens is 1. The highest BCUT2D eigenvalue weighted by Gasteiger charge is 2.17. The van der Waals surface area contributed by atoms with Crippen LogP contribution in [-0.2, 0) is 6.61 Å². The van der Waals surface area contributed by atoms with E-state index in [0.29, 0.717) is 0 Å². The summed E-state index contributed by atoms with van der Waals surface area (Å²) in [6.07, 6.45) is 0. The highest BCUT2D eigenvalue weighted by atomic mass is 19.1. The predicted molar refractivity (Wildman–Crippen MR) is 38.4 cm³/mol. The number of aromatic carboxylic acids is 1. The number of aromatic nitrogens is 1. The lowest BCUT2D eigenvalue weighted by molar-refractivity contribution is 0.0690. The third-order valence-electron chi connectivity index (χ3n) is 1.62. The summed E-state index contributed by atoms with van der Waals surface area (Å²) in [7, 11) is 0. The Balaban J connectivity index is 3.25. The Morgan fingerprint density at radius 3 is 2.50 bits per heavy atom. The Labute approximate surface area is 67.7 Å². The maximum Gasteiger partial charge on any atom is 0.352 e. The number of carboxylic acid groups (broad SMARTS) is 1. The first-order chi connectivity index (χ1) is 5.57. The molecule has 3 N–H and O–H groups in total. The molecule has 1 aromatic rings. The van der Waals surface area contributed by atoms with Crippen LogP contribution in [0.25, 0.3) is 0 Å². The number of nitrogens with one attached hydrogen (secondary N) is 1. The molecule has 0 aliphatic rings. The molecule has 66 valence electrons. The minimum Gasteiger partial charge on any atom is -0.477 e. The number of carboxylic acids is 1. The predicted octanol–water partition coefficient (Wildman–Crippen LogP) is 0.653. The van der Waals surface area contributed by atoms with Gasteiger partial charge in [-0.25, -0.2) is 9.18 Å². The van der Waals surface area contributed by atoms with Gasteiger partial charge in [-0.05, 0) is 6.92 Å². The molecule has 5 heteroatoms. The van der Waals surface area contributed by atoms with E-state index in [2.05, 4.69) is 4.98 Å². The number of aliphatic hydroxyl groups excluding tert-OH is 1. The van der Waals surface area contributed by atoms with Crippen molar-refractivity contribution in [2.45, 2.75) is 13.5 Å². The number of rotatable bonds is 2.